The zero-order valence-electron chi connectivity index (χ0n) is 9.55. The molecule has 0 unspecified atom stereocenters. The third-order valence-electron chi connectivity index (χ3n) is 3.40. The molecule has 0 saturated carbocycles. The smallest absolute Gasteiger partial charge is 0.0709 e. The summed E-state index contributed by atoms with van der Waals surface area (Å²) in [7, 11) is 0. The molecule has 3 nitrogen and oxygen atoms in total. The van der Waals surface area contributed by atoms with Crippen LogP contribution in [0.15, 0.2) is 30.3 Å². The van der Waals surface area contributed by atoms with E-state index in [4.69, 9.17) is 5.84 Å². The highest BCUT2D eigenvalue weighted by molar-refractivity contribution is 5.14. The van der Waals surface area contributed by atoms with Crippen molar-refractivity contribution in [3.63, 3.8) is 0 Å². The van der Waals surface area contributed by atoms with Crippen LogP contribution >= 0.6 is 0 Å². The van der Waals surface area contributed by atoms with Gasteiger partial charge in [-0.05, 0) is 30.7 Å². The molecule has 1 aliphatic heterocycles. The average molecular weight is 220 g/mol. The Labute approximate surface area is 96.8 Å². The Kier molecular flexibility index (Phi) is 3.93. The number of benzene rings is 1. The maximum atomic E-state index is 9.90. The summed E-state index contributed by atoms with van der Waals surface area (Å²) in [6, 6.07) is 10.4. The summed E-state index contributed by atoms with van der Waals surface area (Å²) < 4.78 is 0. The molecular formula is C13H20N2O. The van der Waals surface area contributed by atoms with Gasteiger partial charge < -0.3 is 5.11 Å². The van der Waals surface area contributed by atoms with E-state index in [0.29, 0.717) is 12.5 Å². The predicted molar refractivity (Wildman–Crippen MR) is 64.6 cm³/mol. The zero-order chi connectivity index (χ0) is 11.4. The number of hydrogen-bond donors (Lipinski definition) is 2. The number of β-amino-alcohol motifs (C(OH)–C–C–N with tert-alkyl or cyclic N) is 1. The van der Waals surface area contributed by atoms with E-state index in [0.717, 1.165) is 25.8 Å². The highest BCUT2D eigenvalue weighted by Crippen LogP contribution is 2.21. The molecule has 2 atom stereocenters. The van der Waals surface area contributed by atoms with E-state index in [1.807, 2.05) is 6.07 Å². The van der Waals surface area contributed by atoms with Crippen molar-refractivity contribution in [2.75, 3.05) is 13.1 Å². The van der Waals surface area contributed by atoms with Crippen LogP contribution < -0.4 is 5.84 Å². The summed E-state index contributed by atoms with van der Waals surface area (Å²) >= 11 is 0. The molecule has 0 radical (unpaired) electrons. The highest BCUT2D eigenvalue weighted by atomic mass is 16.3. The van der Waals surface area contributed by atoms with Crippen molar-refractivity contribution in [2.24, 2.45) is 11.8 Å². The topological polar surface area (TPSA) is 49.5 Å². The zero-order valence-corrected chi connectivity index (χ0v) is 9.55. The second-order valence-corrected chi connectivity index (χ2v) is 4.64. The molecule has 0 aromatic heterocycles. The number of hydrogen-bond acceptors (Lipinski definition) is 3. The summed E-state index contributed by atoms with van der Waals surface area (Å²) in [5, 5.41) is 11.6. The number of rotatable bonds is 3. The minimum atomic E-state index is -0.262. The van der Waals surface area contributed by atoms with Crippen molar-refractivity contribution in [3.8, 4) is 0 Å². The maximum absolute atomic E-state index is 9.90. The van der Waals surface area contributed by atoms with E-state index in [1.165, 1.54) is 5.56 Å². The lowest BCUT2D eigenvalue weighted by molar-refractivity contribution is 0.0184. The van der Waals surface area contributed by atoms with E-state index in [9.17, 15) is 5.11 Å². The Morgan fingerprint density at radius 2 is 2.06 bits per heavy atom. The minimum absolute atomic E-state index is 0.262. The lowest BCUT2D eigenvalue weighted by Crippen LogP contribution is -2.47. The van der Waals surface area contributed by atoms with Gasteiger partial charge in [0.25, 0.3) is 0 Å². The van der Waals surface area contributed by atoms with E-state index in [-0.39, 0.29) is 6.10 Å². The number of nitrogens with two attached hydrogens (primary N) is 1. The third-order valence-corrected chi connectivity index (χ3v) is 3.40. The van der Waals surface area contributed by atoms with E-state index in [2.05, 4.69) is 24.3 Å². The van der Waals surface area contributed by atoms with Crippen LogP contribution in [0.4, 0.5) is 0 Å². The van der Waals surface area contributed by atoms with Crippen molar-refractivity contribution < 1.29 is 5.11 Å². The van der Waals surface area contributed by atoms with Crippen LogP contribution in [-0.4, -0.2) is 29.3 Å². The number of nitrogens with zero attached hydrogens (tertiary/aromatic N) is 1. The Balaban J connectivity index is 1.82. The molecule has 88 valence electrons. The molecule has 0 amide bonds. The normalized spacial score (nSPS) is 26.9. The van der Waals surface area contributed by atoms with Gasteiger partial charge in [-0.3, -0.25) is 5.84 Å². The van der Waals surface area contributed by atoms with Gasteiger partial charge in [0.1, 0.15) is 0 Å². The lowest BCUT2D eigenvalue weighted by atomic mass is 9.89. The fourth-order valence-corrected chi connectivity index (χ4v) is 2.34. The minimum Gasteiger partial charge on any atom is -0.391 e. The van der Waals surface area contributed by atoms with Crippen molar-refractivity contribution >= 4 is 0 Å². The average Bonchev–Trinajstić information content (AvgIpc) is 2.29. The van der Waals surface area contributed by atoms with Gasteiger partial charge in [0, 0.05) is 13.1 Å². The molecule has 1 aliphatic rings. The molecule has 0 aliphatic carbocycles. The van der Waals surface area contributed by atoms with Gasteiger partial charge in [0.15, 0.2) is 0 Å². The van der Waals surface area contributed by atoms with Crippen LogP contribution in [0.2, 0.25) is 0 Å². The van der Waals surface area contributed by atoms with Crippen molar-refractivity contribution in [1.82, 2.24) is 5.01 Å². The first kappa shape index (κ1) is 11.6. The molecule has 3 N–H and O–H groups in total. The highest BCUT2D eigenvalue weighted by Gasteiger charge is 2.25. The number of aliphatic hydroxyl groups excluding tert-OH is 1. The number of hydrazine groups is 1. The molecule has 16 heavy (non-hydrogen) atoms. The van der Waals surface area contributed by atoms with Gasteiger partial charge >= 0.3 is 0 Å². The van der Waals surface area contributed by atoms with Crippen molar-refractivity contribution in [3.05, 3.63) is 35.9 Å². The first-order valence-electron chi connectivity index (χ1n) is 5.97. The summed E-state index contributed by atoms with van der Waals surface area (Å²) in [4.78, 5) is 0. The second-order valence-electron chi connectivity index (χ2n) is 4.64. The quantitative estimate of drug-likeness (QED) is 0.752. The van der Waals surface area contributed by atoms with Crippen LogP contribution in [0, 0.1) is 5.92 Å². The molecule has 0 bridgehead atoms. The van der Waals surface area contributed by atoms with Gasteiger partial charge in [-0.25, -0.2) is 5.01 Å². The predicted octanol–water partition coefficient (Wildman–Crippen LogP) is 1.18. The summed E-state index contributed by atoms with van der Waals surface area (Å²) in [5.41, 5.74) is 1.35. The monoisotopic (exact) mass is 220 g/mol. The largest absolute Gasteiger partial charge is 0.391 e. The van der Waals surface area contributed by atoms with Crippen LogP contribution in [0.3, 0.4) is 0 Å². The molecular weight excluding hydrogens is 200 g/mol. The number of piperidine rings is 1. The number of aliphatic hydroxyl groups is 1. The summed E-state index contributed by atoms with van der Waals surface area (Å²) in [6.45, 7) is 1.51. The maximum Gasteiger partial charge on any atom is 0.0709 e. The van der Waals surface area contributed by atoms with E-state index >= 15 is 0 Å². The Morgan fingerprint density at radius 3 is 2.75 bits per heavy atom. The summed E-state index contributed by atoms with van der Waals surface area (Å²) in [6.07, 6.45) is 2.85. The molecule has 3 heteroatoms. The molecule has 1 fully saturated rings. The van der Waals surface area contributed by atoms with Crippen LogP contribution in [-0.2, 0) is 6.42 Å². The van der Waals surface area contributed by atoms with Gasteiger partial charge in [-0.1, -0.05) is 30.3 Å². The Hall–Kier alpha value is -0.900. The van der Waals surface area contributed by atoms with Gasteiger partial charge in [-0.15, -0.1) is 0 Å². The first-order chi connectivity index (χ1) is 7.75. The van der Waals surface area contributed by atoms with Crippen LogP contribution in [0.25, 0.3) is 0 Å². The molecule has 0 spiro atoms. The Bertz CT molecular complexity index is 315. The fraction of sp³-hybridized carbons (Fsp3) is 0.538. The van der Waals surface area contributed by atoms with Gasteiger partial charge in [0.2, 0.25) is 0 Å². The summed E-state index contributed by atoms with van der Waals surface area (Å²) in [5.74, 6) is 6.07. The van der Waals surface area contributed by atoms with Crippen LogP contribution in [0.5, 0.6) is 0 Å². The first-order valence-corrected chi connectivity index (χ1v) is 5.97. The van der Waals surface area contributed by atoms with Crippen LogP contribution in [0.1, 0.15) is 18.4 Å². The molecule has 1 heterocycles. The SMILES string of the molecule is NN1CC[C@@H](CCc2ccccc2)[C@H](O)C1. The molecule has 1 saturated heterocycles. The molecule has 2 rings (SSSR count). The third kappa shape index (κ3) is 3.04. The van der Waals surface area contributed by atoms with Gasteiger partial charge in [0.05, 0.1) is 6.10 Å². The standard InChI is InChI=1S/C13H20N2O/c14-15-9-8-12(13(16)10-15)7-6-11-4-2-1-3-5-11/h1-5,12-13,16H,6-10,14H2/t12-,13-/m1/s1. The van der Waals surface area contributed by atoms with Gasteiger partial charge in [-0.2, -0.15) is 0 Å². The van der Waals surface area contributed by atoms with E-state index in [1.54, 1.807) is 5.01 Å². The lowest BCUT2D eigenvalue weighted by Gasteiger charge is -2.33. The Morgan fingerprint density at radius 1 is 1.31 bits per heavy atom. The number of aryl methyl sites for hydroxylation is 1. The molecule has 1 aromatic carbocycles. The van der Waals surface area contributed by atoms with E-state index < -0.39 is 0 Å². The fourth-order valence-electron chi connectivity index (χ4n) is 2.34. The molecule has 1 aromatic rings. The van der Waals surface area contributed by atoms with Crippen molar-refractivity contribution in [2.45, 2.75) is 25.4 Å². The van der Waals surface area contributed by atoms with Crippen molar-refractivity contribution in [1.29, 1.82) is 0 Å². The second kappa shape index (κ2) is 5.43.